The number of aryl methyl sites for hydroxylation is 1. The Labute approximate surface area is 115 Å². The Balaban J connectivity index is 1.69. The quantitative estimate of drug-likeness (QED) is 0.905. The number of hydrogen-bond acceptors (Lipinski definition) is 4. The molecule has 0 spiro atoms. The van der Waals surface area contributed by atoms with Crippen molar-refractivity contribution < 1.29 is 4.74 Å². The molecule has 2 bridgehead atoms. The highest BCUT2D eigenvalue weighted by Crippen LogP contribution is 2.49. The largest absolute Gasteiger partial charge is 0.481 e. The van der Waals surface area contributed by atoms with Gasteiger partial charge in [-0.25, -0.2) is 4.98 Å². The van der Waals surface area contributed by atoms with Crippen LogP contribution in [0.5, 0.6) is 5.88 Å². The van der Waals surface area contributed by atoms with Gasteiger partial charge in [-0.15, -0.1) is 0 Å². The molecule has 4 heteroatoms. The fourth-order valence-electron chi connectivity index (χ4n) is 3.93. The van der Waals surface area contributed by atoms with Gasteiger partial charge in [0.15, 0.2) is 0 Å². The third-order valence-electron chi connectivity index (χ3n) is 4.83. The molecule has 1 aromatic rings. The predicted octanol–water partition coefficient (Wildman–Crippen LogP) is 3.03. The number of rotatable bonds is 4. The van der Waals surface area contributed by atoms with Crippen LogP contribution in [0.1, 0.15) is 38.3 Å². The molecule has 104 valence electrons. The van der Waals surface area contributed by atoms with E-state index in [0.29, 0.717) is 17.9 Å². The molecule has 0 aliphatic heterocycles. The Morgan fingerprint density at radius 1 is 1.32 bits per heavy atom. The fourth-order valence-corrected chi connectivity index (χ4v) is 3.93. The Morgan fingerprint density at radius 2 is 2.16 bits per heavy atom. The zero-order valence-corrected chi connectivity index (χ0v) is 12.0. The number of ether oxygens (including phenoxy) is 1. The van der Waals surface area contributed by atoms with E-state index < -0.39 is 0 Å². The standard InChI is InChI=1S/C15H23N3O/c1-9-6-14(19-3)18-15(16-9)17-10(2)13-8-11-4-5-12(13)7-11/h6,10-13H,4-5,7-8H2,1-3H3,(H,16,17,18). The molecule has 0 aromatic carbocycles. The van der Waals surface area contributed by atoms with Gasteiger partial charge in [0.2, 0.25) is 11.8 Å². The first kappa shape index (κ1) is 12.7. The minimum atomic E-state index is 0.446. The Morgan fingerprint density at radius 3 is 2.79 bits per heavy atom. The van der Waals surface area contributed by atoms with Crippen LogP contribution in [-0.2, 0) is 0 Å². The molecule has 0 saturated heterocycles. The van der Waals surface area contributed by atoms with Crippen molar-refractivity contribution in [3.8, 4) is 5.88 Å². The van der Waals surface area contributed by atoms with E-state index in [-0.39, 0.29) is 0 Å². The van der Waals surface area contributed by atoms with Gasteiger partial charge in [-0.1, -0.05) is 6.42 Å². The van der Waals surface area contributed by atoms with Gasteiger partial charge in [0.25, 0.3) is 0 Å². The first-order chi connectivity index (χ1) is 9.15. The SMILES string of the molecule is COc1cc(C)nc(NC(C)C2CC3CCC2C3)n1. The average Bonchev–Trinajstić information content (AvgIpc) is 3.00. The lowest BCUT2D eigenvalue weighted by Crippen LogP contribution is -2.30. The molecule has 1 aromatic heterocycles. The summed E-state index contributed by atoms with van der Waals surface area (Å²) in [4.78, 5) is 8.83. The Bertz CT molecular complexity index is 463. The molecule has 19 heavy (non-hydrogen) atoms. The average molecular weight is 261 g/mol. The lowest BCUT2D eigenvalue weighted by Gasteiger charge is -2.28. The van der Waals surface area contributed by atoms with Crippen LogP contribution in [0, 0.1) is 24.7 Å². The number of aromatic nitrogens is 2. The van der Waals surface area contributed by atoms with Crippen molar-refractivity contribution in [3.63, 3.8) is 0 Å². The maximum atomic E-state index is 5.20. The lowest BCUT2D eigenvalue weighted by atomic mass is 9.84. The first-order valence-electron chi connectivity index (χ1n) is 7.32. The van der Waals surface area contributed by atoms with Crippen molar-refractivity contribution in [2.75, 3.05) is 12.4 Å². The summed E-state index contributed by atoms with van der Waals surface area (Å²) < 4.78 is 5.20. The molecule has 1 N–H and O–H groups in total. The fraction of sp³-hybridized carbons (Fsp3) is 0.733. The number of nitrogens with one attached hydrogen (secondary N) is 1. The van der Waals surface area contributed by atoms with Crippen molar-refractivity contribution >= 4 is 5.95 Å². The van der Waals surface area contributed by atoms with Crippen molar-refractivity contribution in [2.24, 2.45) is 17.8 Å². The summed E-state index contributed by atoms with van der Waals surface area (Å²) in [6.45, 7) is 4.24. The van der Waals surface area contributed by atoms with Gasteiger partial charge in [0.05, 0.1) is 7.11 Å². The maximum Gasteiger partial charge on any atom is 0.226 e. The zero-order chi connectivity index (χ0) is 13.4. The van der Waals surface area contributed by atoms with Crippen LogP contribution in [-0.4, -0.2) is 23.1 Å². The molecule has 2 fully saturated rings. The molecule has 0 amide bonds. The smallest absolute Gasteiger partial charge is 0.226 e. The van der Waals surface area contributed by atoms with E-state index in [1.807, 2.05) is 13.0 Å². The van der Waals surface area contributed by atoms with E-state index in [1.165, 1.54) is 25.7 Å². The zero-order valence-electron chi connectivity index (χ0n) is 12.0. The van der Waals surface area contributed by atoms with Crippen molar-refractivity contribution in [1.29, 1.82) is 0 Å². The van der Waals surface area contributed by atoms with Crippen molar-refractivity contribution in [3.05, 3.63) is 11.8 Å². The lowest BCUT2D eigenvalue weighted by molar-refractivity contribution is 0.303. The molecule has 2 saturated carbocycles. The van der Waals surface area contributed by atoms with Gasteiger partial charge in [-0.2, -0.15) is 4.98 Å². The first-order valence-corrected chi connectivity index (χ1v) is 7.32. The summed E-state index contributed by atoms with van der Waals surface area (Å²) >= 11 is 0. The van der Waals surface area contributed by atoms with Crippen LogP contribution >= 0.6 is 0 Å². The Hall–Kier alpha value is -1.32. The van der Waals surface area contributed by atoms with Crippen molar-refractivity contribution in [2.45, 2.75) is 45.6 Å². The van der Waals surface area contributed by atoms with E-state index in [2.05, 4.69) is 22.2 Å². The normalized spacial score (nSPS) is 30.4. The van der Waals surface area contributed by atoms with E-state index in [9.17, 15) is 0 Å². The third kappa shape index (κ3) is 2.53. The molecule has 4 nitrogen and oxygen atoms in total. The summed E-state index contributed by atoms with van der Waals surface area (Å²) in [5, 5.41) is 3.48. The van der Waals surface area contributed by atoms with Gasteiger partial charge < -0.3 is 10.1 Å². The highest BCUT2D eigenvalue weighted by molar-refractivity contribution is 5.32. The molecule has 4 unspecified atom stereocenters. The molecular formula is C15H23N3O. The monoisotopic (exact) mass is 261 g/mol. The highest BCUT2D eigenvalue weighted by Gasteiger charge is 2.41. The second kappa shape index (κ2) is 4.99. The van der Waals surface area contributed by atoms with Gasteiger partial charge in [-0.3, -0.25) is 0 Å². The third-order valence-corrected chi connectivity index (χ3v) is 4.83. The van der Waals surface area contributed by atoms with Gasteiger partial charge in [-0.05, 0) is 50.9 Å². The van der Waals surface area contributed by atoms with Gasteiger partial charge in [0.1, 0.15) is 0 Å². The Kier molecular flexibility index (Phi) is 3.33. The summed E-state index contributed by atoms with van der Waals surface area (Å²) in [6, 6.07) is 2.30. The number of hydrogen-bond donors (Lipinski definition) is 1. The van der Waals surface area contributed by atoms with Crippen LogP contribution in [0.3, 0.4) is 0 Å². The summed E-state index contributed by atoms with van der Waals surface area (Å²) in [5.74, 6) is 4.02. The molecule has 2 aliphatic carbocycles. The maximum absolute atomic E-state index is 5.20. The van der Waals surface area contributed by atoms with Crippen LogP contribution in [0.25, 0.3) is 0 Å². The molecular weight excluding hydrogens is 238 g/mol. The second-order valence-corrected chi connectivity index (χ2v) is 6.15. The summed E-state index contributed by atoms with van der Waals surface area (Å²) in [5.41, 5.74) is 0.939. The van der Waals surface area contributed by atoms with Crippen molar-refractivity contribution in [1.82, 2.24) is 9.97 Å². The molecule has 2 aliphatic rings. The topological polar surface area (TPSA) is 47.0 Å². The predicted molar refractivity (Wildman–Crippen MR) is 75.3 cm³/mol. The summed E-state index contributed by atoms with van der Waals surface area (Å²) in [6.07, 6.45) is 5.68. The number of methoxy groups -OCH3 is 1. The van der Waals surface area contributed by atoms with E-state index in [4.69, 9.17) is 4.74 Å². The number of anilines is 1. The van der Waals surface area contributed by atoms with Gasteiger partial charge in [0, 0.05) is 17.8 Å². The second-order valence-electron chi connectivity index (χ2n) is 6.15. The van der Waals surface area contributed by atoms with E-state index in [0.717, 1.165) is 23.4 Å². The van der Waals surface area contributed by atoms with Gasteiger partial charge >= 0.3 is 0 Å². The molecule has 1 heterocycles. The highest BCUT2D eigenvalue weighted by atomic mass is 16.5. The van der Waals surface area contributed by atoms with Crippen LogP contribution in [0.4, 0.5) is 5.95 Å². The van der Waals surface area contributed by atoms with Crippen LogP contribution < -0.4 is 10.1 Å². The van der Waals surface area contributed by atoms with E-state index in [1.54, 1.807) is 7.11 Å². The number of fused-ring (bicyclic) bond motifs is 2. The molecule has 3 rings (SSSR count). The molecule has 4 atom stereocenters. The minimum Gasteiger partial charge on any atom is -0.481 e. The molecule has 0 radical (unpaired) electrons. The van der Waals surface area contributed by atoms with Crippen LogP contribution in [0.15, 0.2) is 6.07 Å². The minimum absolute atomic E-state index is 0.446. The van der Waals surface area contributed by atoms with E-state index >= 15 is 0 Å². The number of nitrogens with zero attached hydrogens (tertiary/aromatic N) is 2. The van der Waals surface area contributed by atoms with Crippen LogP contribution in [0.2, 0.25) is 0 Å². The summed E-state index contributed by atoms with van der Waals surface area (Å²) in [7, 11) is 1.64.